The zero-order valence-corrected chi connectivity index (χ0v) is 10.6. The standard InChI is InChI=1S/C14H17NO3/c1-15-7-6-11-12(15)8-10(9-13(11)18-2)4-3-5-14(16)17/h6-9H,3-5H2,1-2H3,(H,16,17). The van der Waals surface area contributed by atoms with Crippen LogP contribution in [0.15, 0.2) is 24.4 Å². The number of carbonyl (C=O) groups is 1. The van der Waals surface area contributed by atoms with E-state index in [1.807, 2.05) is 29.9 Å². The van der Waals surface area contributed by atoms with Gasteiger partial charge in [0.1, 0.15) is 5.75 Å². The molecule has 0 aliphatic rings. The Morgan fingerprint density at radius 1 is 1.44 bits per heavy atom. The summed E-state index contributed by atoms with van der Waals surface area (Å²) >= 11 is 0. The number of rotatable bonds is 5. The summed E-state index contributed by atoms with van der Waals surface area (Å²) in [7, 11) is 3.64. The molecule has 0 saturated heterocycles. The molecular weight excluding hydrogens is 230 g/mol. The fourth-order valence-electron chi connectivity index (χ4n) is 2.15. The Hall–Kier alpha value is -1.97. The van der Waals surface area contributed by atoms with Gasteiger partial charge < -0.3 is 14.4 Å². The normalized spacial score (nSPS) is 10.8. The van der Waals surface area contributed by atoms with E-state index in [0.717, 1.165) is 28.6 Å². The molecule has 0 bridgehead atoms. The van der Waals surface area contributed by atoms with Crippen LogP contribution in [0.4, 0.5) is 0 Å². The van der Waals surface area contributed by atoms with Crippen LogP contribution in [0.25, 0.3) is 10.9 Å². The highest BCUT2D eigenvalue weighted by Gasteiger charge is 2.08. The molecule has 1 heterocycles. The van der Waals surface area contributed by atoms with Gasteiger partial charge in [0.05, 0.1) is 12.6 Å². The molecule has 4 heteroatoms. The summed E-state index contributed by atoms with van der Waals surface area (Å²) in [6, 6.07) is 6.11. The zero-order valence-electron chi connectivity index (χ0n) is 10.6. The number of carboxylic acid groups (broad SMARTS) is 1. The molecule has 0 aliphatic carbocycles. The summed E-state index contributed by atoms with van der Waals surface area (Å²) in [5, 5.41) is 9.73. The lowest BCUT2D eigenvalue weighted by Crippen LogP contribution is -1.97. The number of aromatic nitrogens is 1. The summed E-state index contributed by atoms with van der Waals surface area (Å²) in [6.45, 7) is 0. The first-order chi connectivity index (χ1) is 8.61. The average Bonchev–Trinajstić information content (AvgIpc) is 2.70. The number of hydrogen-bond acceptors (Lipinski definition) is 2. The highest BCUT2D eigenvalue weighted by Crippen LogP contribution is 2.28. The van der Waals surface area contributed by atoms with Crippen LogP contribution >= 0.6 is 0 Å². The van der Waals surface area contributed by atoms with Crippen LogP contribution in [0.5, 0.6) is 5.75 Å². The molecule has 0 aliphatic heterocycles. The Bertz CT molecular complexity index is 572. The van der Waals surface area contributed by atoms with Gasteiger partial charge in [-0.25, -0.2) is 0 Å². The second kappa shape index (κ2) is 5.12. The van der Waals surface area contributed by atoms with Gasteiger partial charge in [0.25, 0.3) is 0 Å². The van der Waals surface area contributed by atoms with Crippen molar-refractivity contribution in [3.05, 3.63) is 30.0 Å². The molecule has 1 aromatic heterocycles. The van der Waals surface area contributed by atoms with Crippen LogP contribution in [-0.4, -0.2) is 22.8 Å². The fourth-order valence-corrected chi connectivity index (χ4v) is 2.15. The molecule has 0 unspecified atom stereocenters. The summed E-state index contributed by atoms with van der Waals surface area (Å²) in [5.74, 6) is 0.0975. The Morgan fingerprint density at radius 2 is 2.22 bits per heavy atom. The third kappa shape index (κ3) is 2.47. The van der Waals surface area contributed by atoms with Crippen LogP contribution in [0.1, 0.15) is 18.4 Å². The summed E-state index contributed by atoms with van der Waals surface area (Å²) in [6.07, 6.45) is 3.60. The Morgan fingerprint density at radius 3 is 2.89 bits per heavy atom. The summed E-state index contributed by atoms with van der Waals surface area (Å²) in [4.78, 5) is 10.5. The maximum Gasteiger partial charge on any atom is 0.303 e. The van der Waals surface area contributed by atoms with Crippen LogP contribution in [0, 0.1) is 0 Å². The Kier molecular flexibility index (Phi) is 3.55. The van der Waals surface area contributed by atoms with E-state index in [0.29, 0.717) is 6.42 Å². The van der Waals surface area contributed by atoms with E-state index >= 15 is 0 Å². The number of fused-ring (bicyclic) bond motifs is 1. The predicted molar refractivity (Wildman–Crippen MR) is 70.0 cm³/mol. The molecule has 0 saturated carbocycles. The molecule has 2 rings (SSSR count). The lowest BCUT2D eigenvalue weighted by atomic mass is 10.1. The van der Waals surface area contributed by atoms with E-state index in [1.165, 1.54) is 0 Å². The van der Waals surface area contributed by atoms with E-state index in [-0.39, 0.29) is 6.42 Å². The monoisotopic (exact) mass is 247 g/mol. The van der Waals surface area contributed by atoms with Crippen molar-refractivity contribution in [3.63, 3.8) is 0 Å². The van der Waals surface area contributed by atoms with Crippen molar-refractivity contribution in [1.29, 1.82) is 0 Å². The average molecular weight is 247 g/mol. The molecule has 2 aromatic rings. The second-order valence-electron chi connectivity index (χ2n) is 4.40. The molecule has 0 atom stereocenters. The third-order valence-corrected chi connectivity index (χ3v) is 3.10. The first-order valence-corrected chi connectivity index (χ1v) is 5.95. The predicted octanol–water partition coefficient (Wildman–Crippen LogP) is 2.59. The third-order valence-electron chi connectivity index (χ3n) is 3.10. The maximum absolute atomic E-state index is 10.5. The van der Waals surface area contributed by atoms with Crippen LogP contribution in [0.2, 0.25) is 0 Å². The highest BCUT2D eigenvalue weighted by molar-refractivity contribution is 5.87. The van der Waals surface area contributed by atoms with Gasteiger partial charge in [-0.15, -0.1) is 0 Å². The minimum absolute atomic E-state index is 0.202. The van der Waals surface area contributed by atoms with Crippen molar-refractivity contribution in [2.24, 2.45) is 7.05 Å². The number of methoxy groups -OCH3 is 1. The Balaban J connectivity index is 2.28. The minimum atomic E-state index is -0.748. The van der Waals surface area contributed by atoms with Crippen molar-refractivity contribution in [2.45, 2.75) is 19.3 Å². The fraction of sp³-hybridized carbons (Fsp3) is 0.357. The molecule has 1 N–H and O–H groups in total. The van der Waals surface area contributed by atoms with Gasteiger partial charge in [-0.2, -0.15) is 0 Å². The SMILES string of the molecule is COc1cc(CCCC(=O)O)cc2c1ccn2C. The van der Waals surface area contributed by atoms with E-state index in [4.69, 9.17) is 9.84 Å². The highest BCUT2D eigenvalue weighted by atomic mass is 16.5. The van der Waals surface area contributed by atoms with Gasteiger partial charge in [0.15, 0.2) is 0 Å². The topological polar surface area (TPSA) is 51.5 Å². The van der Waals surface area contributed by atoms with Crippen molar-refractivity contribution in [3.8, 4) is 5.75 Å². The summed E-state index contributed by atoms with van der Waals surface area (Å²) < 4.78 is 7.42. The van der Waals surface area contributed by atoms with Crippen molar-refractivity contribution in [2.75, 3.05) is 7.11 Å². The smallest absolute Gasteiger partial charge is 0.303 e. The number of aliphatic carboxylic acids is 1. The van der Waals surface area contributed by atoms with E-state index in [1.54, 1.807) is 7.11 Å². The molecule has 18 heavy (non-hydrogen) atoms. The van der Waals surface area contributed by atoms with E-state index in [9.17, 15) is 4.79 Å². The minimum Gasteiger partial charge on any atom is -0.496 e. The molecular formula is C14H17NO3. The lowest BCUT2D eigenvalue weighted by Gasteiger charge is -2.07. The first kappa shape index (κ1) is 12.5. The zero-order chi connectivity index (χ0) is 13.1. The number of ether oxygens (including phenoxy) is 1. The first-order valence-electron chi connectivity index (χ1n) is 5.95. The van der Waals surface area contributed by atoms with Gasteiger partial charge in [0.2, 0.25) is 0 Å². The maximum atomic E-state index is 10.5. The molecule has 0 amide bonds. The van der Waals surface area contributed by atoms with E-state index < -0.39 is 5.97 Å². The van der Waals surface area contributed by atoms with Gasteiger partial charge in [-0.1, -0.05) is 0 Å². The molecule has 1 aromatic carbocycles. The van der Waals surface area contributed by atoms with Gasteiger partial charge in [0, 0.05) is 25.1 Å². The number of benzene rings is 1. The molecule has 96 valence electrons. The summed E-state index contributed by atoms with van der Waals surface area (Å²) in [5.41, 5.74) is 2.22. The number of nitrogens with zero attached hydrogens (tertiary/aromatic N) is 1. The van der Waals surface area contributed by atoms with Gasteiger partial charge >= 0.3 is 5.97 Å². The van der Waals surface area contributed by atoms with Gasteiger partial charge in [-0.05, 0) is 36.6 Å². The number of hydrogen-bond donors (Lipinski definition) is 1. The largest absolute Gasteiger partial charge is 0.496 e. The van der Waals surface area contributed by atoms with Crippen LogP contribution in [0.3, 0.4) is 0 Å². The number of aryl methyl sites for hydroxylation is 2. The molecule has 0 spiro atoms. The lowest BCUT2D eigenvalue weighted by molar-refractivity contribution is -0.137. The quantitative estimate of drug-likeness (QED) is 0.883. The molecule has 0 fully saturated rings. The van der Waals surface area contributed by atoms with Crippen LogP contribution in [-0.2, 0) is 18.3 Å². The number of carboxylic acids is 1. The Labute approximate surface area is 106 Å². The van der Waals surface area contributed by atoms with Crippen molar-refractivity contribution < 1.29 is 14.6 Å². The van der Waals surface area contributed by atoms with Gasteiger partial charge in [-0.3, -0.25) is 4.79 Å². The van der Waals surface area contributed by atoms with E-state index in [2.05, 4.69) is 6.07 Å². The molecule has 4 nitrogen and oxygen atoms in total. The second-order valence-corrected chi connectivity index (χ2v) is 4.40. The molecule has 0 radical (unpaired) electrons. The van der Waals surface area contributed by atoms with Crippen molar-refractivity contribution in [1.82, 2.24) is 4.57 Å². The van der Waals surface area contributed by atoms with Crippen molar-refractivity contribution >= 4 is 16.9 Å². The van der Waals surface area contributed by atoms with Crippen LogP contribution < -0.4 is 4.74 Å².